The van der Waals surface area contributed by atoms with Gasteiger partial charge in [-0.25, -0.2) is 8.42 Å². The van der Waals surface area contributed by atoms with Crippen molar-refractivity contribution < 1.29 is 13.2 Å². The van der Waals surface area contributed by atoms with Crippen LogP contribution in [0.25, 0.3) is 0 Å². The first-order valence-electron chi connectivity index (χ1n) is 8.14. The summed E-state index contributed by atoms with van der Waals surface area (Å²) < 4.78 is 32.1. The average Bonchev–Trinajstić information content (AvgIpc) is 3.23. The molecule has 0 aliphatic heterocycles. The van der Waals surface area contributed by atoms with Crippen molar-refractivity contribution in [1.82, 2.24) is 9.78 Å². The number of nitrogens with zero attached hydrogens (tertiary/aromatic N) is 3. The first-order valence-corrected chi connectivity index (χ1v) is 9.99. The van der Waals surface area contributed by atoms with Crippen molar-refractivity contribution in [2.24, 2.45) is 0 Å². The van der Waals surface area contributed by atoms with E-state index in [1.807, 2.05) is 12.3 Å². The van der Waals surface area contributed by atoms with Gasteiger partial charge in [0.2, 0.25) is 10.0 Å². The highest BCUT2D eigenvalue weighted by atomic mass is 32.2. The van der Waals surface area contributed by atoms with Crippen LogP contribution in [0.5, 0.6) is 5.75 Å². The summed E-state index contributed by atoms with van der Waals surface area (Å²) in [6.45, 7) is 0.404. The molecular weight excluding hydrogens is 326 g/mol. The van der Waals surface area contributed by atoms with E-state index < -0.39 is 10.0 Å². The zero-order valence-electron chi connectivity index (χ0n) is 14.1. The van der Waals surface area contributed by atoms with Crippen LogP contribution in [0.1, 0.15) is 37.4 Å². The van der Waals surface area contributed by atoms with Gasteiger partial charge in [0.1, 0.15) is 12.4 Å². The largest absolute Gasteiger partial charge is 0.487 e. The SMILES string of the molecule is CN(c1ccc(OCc2ccn(C3CCCC3)n2)cc1)S(C)(=O)=O. The summed E-state index contributed by atoms with van der Waals surface area (Å²) in [6.07, 6.45) is 8.18. The van der Waals surface area contributed by atoms with E-state index >= 15 is 0 Å². The third-order valence-electron chi connectivity index (χ3n) is 4.45. The first kappa shape index (κ1) is 16.8. The number of sulfonamides is 1. The van der Waals surface area contributed by atoms with Crippen molar-refractivity contribution >= 4 is 15.7 Å². The Morgan fingerprint density at radius 3 is 2.50 bits per heavy atom. The van der Waals surface area contributed by atoms with Gasteiger partial charge in [-0.15, -0.1) is 0 Å². The summed E-state index contributed by atoms with van der Waals surface area (Å²) in [7, 11) is -1.72. The van der Waals surface area contributed by atoms with Crippen molar-refractivity contribution in [1.29, 1.82) is 0 Å². The molecule has 3 rings (SSSR count). The lowest BCUT2D eigenvalue weighted by atomic mass is 10.3. The van der Waals surface area contributed by atoms with Crippen molar-refractivity contribution in [3.05, 3.63) is 42.2 Å². The normalized spacial score (nSPS) is 15.6. The second kappa shape index (κ2) is 6.84. The Bertz CT molecular complexity index is 778. The minimum atomic E-state index is -3.25. The Labute approximate surface area is 143 Å². The van der Waals surface area contributed by atoms with Crippen LogP contribution in [0.15, 0.2) is 36.5 Å². The molecule has 0 N–H and O–H groups in total. The van der Waals surface area contributed by atoms with Gasteiger partial charge in [0.15, 0.2) is 0 Å². The smallest absolute Gasteiger partial charge is 0.231 e. The summed E-state index contributed by atoms with van der Waals surface area (Å²) in [5.74, 6) is 0.691. The van der Waals surface area contributed by atoms with Crippen LogP contribution in [0, 0.1) is 0 Å². The Kier molecular flexibility index (Phi) is 4.80. The molecule has 24 heavy (non-hydrogen) atoms. The molecule has 0 unspecified atom stereocenters. The van der Waals surface area contributed by atoms with Gasteiger partial charge in [-0.05, 0) is 43.2 Å². The Balaban J connectivity index is 1.59. The van der Waals surface area contributed by atoms with Crippen LogP contribution in [-0.2, 0) is 16.6 Å². The number of hydrogen-bond donors (Lipinski definition) is 0. The molecule has 0 amide bonds. The van der Waals surface area contributed by atoms with Gasteiger partial charge in [0, 0.05) is 13.2 Å². The summed E-state index contributed by atoms with van der Waals surface area (Å²) >= 11 is 0. The predicted octanol–water partition coefficient (Wildman–Crippen LogP) is 2.97. The van der Waals surface area contributed by atoms with Crippen LogP contribution in [0.3, 0.4) is 0 Å². The molecule has 1 saturated carbocycles. The molecule has 0 atom stereocenters. The fourth-order valence-electron chi connectivity index (χ4n) is 2.93. The molecule has 0 spiro atoms. The van der Waals surface area contributed by atoms with Gasteiger partial charge in [0.05, 0.1) is 23.7 Å². The minimum Gasteiger partial charge on any atom is -0.487 e. The van der Waals surface area contributed by atoms with E-state index in [0.29, 0.717) is 24.1 Å². The van der Waals surface area contributed by atoms with Gasteiger partial charge < -0.3 is 4.74 Å². The molecule has 2 aromatic rings. The number of rotatable bonds is 6. The highest BCUT2D eigenvalue weighted by Crippen LogP contribution is 2.28. The number of benzene rings is 1. The third-order valence-corrected chi connectivity index (χ3v) is 5.65. The fourth-order valence-corrected chi connectivity index (χ4v) is 3.43. The number of anilines is 1. The molecule has 0 bridgehead atoms. The number of hydrogen-bond acceptors (Lipinski definition) is 4. The van der Waals surface area contributed by atoms with Crippen molar-refractivity contribution in [2.45, 2.75) is 38.3 Å². The van der Waals surface area contributed by atoms with Gasteiger partial charge in [-0.2, -0.15) is 5.10 Å². The van der Waals surface area contributed by atoms with E-state index in [9.17, 15) is 8.42 Å². The zero-order valence-corrected chi connectivity index (χ0v) is 14.9. The van der Waals surface area contributed by atoms with Crippen LogP contribution in [0.4, 0.5) is 5.69 Å². The maximum Gasteiger partial charge on any atom is 0.231 e. The predicted molar refractivity (Wildman–Crippen MR) is 93.8 cm³/mol. The summed E-state index contributed by atoms with van der Waals surface area (Å²) in [5, 5.41) is 4.59. The molecule has 1 heterocycles. The minimum absolute atomic E-state index is 0.404. The molecule has 130 valence electrons. The topological polar surface area (TPSA) is 64.4 Å². The lowest BCUT2D eigenvalue weighted by Crippen LogP contribution is -2.24. The highest BCUT2D eigenvalue weighted by molar-refractivity contribution is 7.92. The van der Waals surface area contributed by atoms with Gasteiger partial charge in [-0.3, -0.25) is 8.99 Å². The molecule has 0 saturated heterocycles. The third kappa shape index (κ3) is 3.90. The summed E-state index contributed by atoms with van der Waals surface area (Å²) in [6, 6.07) is 9.52. The molecule has 7 heteroatoms. The van der Waals surface area contributed by atoms with Gasteiger partial charge >= 0.3 is 0 Å². The van der Waals surface area contributed by atoms with Crippen molar-refractivity contribution in [3.8, 4) is 5.75 Å². The lowest BCUT2D eigenvalue weighted by Gasteiger charge is -2.16. The van der Waals surface area contributed by atoms with E-state index in [4.69, 9.17) is 4.74 Å². The van der Waals surface area contributed by atoms with E-state index in [0.717, 1.165) is 5.69 Å². The Morgan fingerprint density at radius 2 is 1.88 bits per heavy atom. The molecule has 1 aliphatic rings. The fraction of sp³-hybridized carbons (Fsp3) is 0.471. The monoisotopic (exact) mass is 349 g/mol. The second-order valence-electron chi connectivity index (χ2n) is 6.24. The van der Waals surface area contributed by atoms with Crippen LogP contribution < -0.4 is 9.04 Å². The van der Waals surface area contributed by atoms with E-state index in [1.54, 1.807) is 24.3 Å². The van der Waals surface area contributed by atoms with Crippen molar-refractivity contribution in [2.75, 3.05) is 17.6 Å². The maximum atomic E-state index is 11.5. The zero-order chi connectivity index (χ0) is 17.2. The summed E-state index contributed by atoms with van der Waals surface area (Å²) in [4.78, 5) is 0. The first-order chi connectivity index (χ1) is 11.4. The molecule has 1 aromatic carbocycles. The van der Waals surface area contributed by atoms with Gasteiger partial charge in [-0.1, -0.05) is 12.8 Å². The Morgan fingerprint density at radius 1 is 1.21 bits per heavy atom. The average molecular weight is 349 g/mol. The second-order valence-corrected chi connectivity index (χ2v) is 8.25. The quantitative estimate of drug-likeness (QED) is 0.804. The Hall–Kier alpha value is -2.02. The standard InChI is InChI=1S/C17H23N3O3S/c1-19(24(2,21)22)15-7-9-17(10-8-15)23-13-14-11-12-20(18-14)16-5-3-4-6-16/h7-12,16H,3-6,13H2,1-2H3. The van der Waals surface area contributed by atoms with E-state index in [-0.39, 0.29) is 0 Å². The summed E-state index contributed by atoms with van der Waals surface area (Å²) in [5.41, 5.74) is 1.51. The van der Waals surface area contributed by atoms with Crippen molar-refractivity contribution in [3.63, 3.8) is 0 Å². The number of ether oxygens (including phenoxy) is 1. The van der Waals surface area contributed by atoms with Crippen LogP contribution in [0.2, 0.25) is 0 Å². The molecule has 1 aliphatic carbocycles. The van der Waals surface area contributed by atoms with Crippen LogP contribution >= 0.6 is 0 Å². The van der Waals surface area contributed by atoms with Gasteiger partial charge in [0.25, 0.3) is 0 Å². The molecule has 1 aromatic heterocycles. The molecule has 1 fully saturated rings. The lowest BCUT2D eigenvalue weighted by molar-refractivity contribution is 0.298. The molecular formula is C17H23N3O3S. The van der Waals surface area contributed by atoms with Crippen LogP contribution in [-0.4, -0.2) is 31.5 Å². The van der Waals surface area contributed by atoms with E-state index in [2.05, 4.69) is 9.78 Å². The molecule has 0 radical (unpaired) electrons. The molecule has 6 nitrogen and oxygen atoms in total. The maximum absolute atomic E-state index is 11.5. The highest BCUT2D eigenvalue weighted by Gasteiger charge is 2.17. The number of aromatic nitrogens is 2. The van der Waals surface area contributed by atoms with E-state index in [1.165, 1.54) is 43.3 Å².